The van der Waals surface area contributed by atoms with Crippen LogP contribution in [0.2, 0.25) is 10.0 Å². The van der Waals surface area contributed by atoms with E-state index in [4.69, 9.17) is 27.9 Å². The molecule has 0 atom stereocenters. The third-order valence-corrected chi connectivity index (χ3v) is 4.91. The Morgan fingerprint density at radius 3 is 2.45 bits per heavy atom. The normalized spacial score (nSPS) is 11.1. The lowest BCUT2D eigenvalue weighted by atomic mass is 10.2. The minimum Gasteiger partial charge on any atom is -0.489 e. The van der Waals surface area contributed by atoms with Gasteiger partial charge in [0.1, 0.15) is 18.2 Å². The summed E-state index contributed by atoms with van der Waals surface area (Å²) in [7, 11) is 0. The molecule has 4 aromatic rings. The molecule has 0 spiro atoms. The zero-order valence-electron chi connectivity index (χ0n) is 15.5. The van der Waals surface area contributed by atoms with Gasteiger partial charge in [0.15, 0.2) is 0 Å². The molecule has 0 aliphatic carbocycles. The fourth-order valence-corrected chi connectivity index (χ4v) is 3.35. The molecule has 0 saturated carbocycles. The number of ether oxygens (including phenoxy) is 1. The number of benzene rings is 3. The molecular formula is C24H18Cl2N2O. The maximum absolute atomic E-state index is 6.26. The van der Waals surface area contributed by atoms with Gasteiger partial charge in [-0.15, -0.1) is 0 Å². The van der Waals surface area contributed by atoms with E-state index in [2.05, 4.69) is 9.97 Å². The topological polar surface area (TPSA) is 37.9 Å². The SMILES string of the molecule is Clc1ccc(-c2c[nH]c(C=Cc3ccc(OCc4ccccc4)cc3)n2)c(Cl)c1. The van der Waals surface area contributed by atoms with Crippen LogP contribution in [0.25, 0.3) is 23.4 Å². The third-order valence-electron chi connectivity index (χ3n) is 4.37. The number of hydrogen-bond donors (Lipinski definition) is 1. The minimum absolute atomic E-state index is 0.554. The van der Waals surface area contributed by atoms with E-state index in [-0.39, 0.29) is 0 Å². The molecule has 1 aromatic heterocycles. The van der Waals surface area contributed by atoms with Crippen molar-refractivity contribution in [3.05, 3.63) is 106 Å². The first kappa shape index (κ1) is 19.3. The van der Waals surface area contributed by atoms with E-state index in [1.54, 1.807) is 12.1 Å². The van der Waals surface area contributed by atoms with Gasteiger partial charge in [0.2, 0.25) is 0 Å². The van der Waals surface area contributed by atoms with E-state index in [0.29, 0.717) is 16.7 Å². The number of rotatable bonds is 6. The van der Waals surface area contributed by atoms with Crippen molar-refractivity contribution in [1.82, 2.24) is 9.97 Å². The van der Waals surface area contributed by atoms with Gasteiger partial charge in [-0.1, -0.05) is 71.7 Å². The van der Waals surface area contributed by atoms with Crippen LogP contribution < -0.4 is 4.74 Å². The van der Waals surface area contributed by atoms with Crippen LogP contribution in [0.4, 0.5) is 0 Å². The van der Waals surface area contributed by atoms with Crippen molar-refractivity contribution in [2.45, 2.75) is 6.61 Å². The first-order valence-electron chi connectivity index (χ1n) is 9.13. The van der Waals surface area contributed by atoms with Crippen LogP contribution in [0.15, 0.2) is 79.0 Å². The summed E-state index contributed by atoms with van der Waals surface area (Å²) in [5.41, 5.74) is 3.81. The number of aromatic nitrogens is 2. The molecule has 0 fully saturated rings. The Balaban J connectivity index is 1.40. The van der Waals surface area contributed by atoms with Crippen molar-refractivity contribution in [2.75, 3.05) is 0 Å². The van der Waals surface area contributed by atoms with Gasteiger partial charge in [0, 0.05) is 16.8 Å². The number of imidazole rings is 1. The Hall–Kier alpha value is -3.01. The minimum atomic E-state index is 0.554. The van der Waals surface area contributed by atoms with E-state index < -0.39 is 0 Å². The summed E-state index contributed by atoms with van der Waals surface area (Å²) in [6.45, 7) is 0.554. The number of halogens is 2. The average molecular weight is 421 g/mol. The number of aromatic amines is 1. The molecule has 1 heterocycles. The van der Waals surface area contributed by atoms with E-state index in [1.807, 2.05) is 79.0 Å². The summed E-state index contributed by atoms with van der Waals surface area (Å²) in [5.74, 6) is 1.58. The lowest BCUT2D eigenvalue weighted by molar-refractivity contribution is 0.306. The molecule has 4 rings (SSSR count). The van der Waals surface area contributed by atoms with Gasteiger partial charge < -0.3 is 9.72 Å². The summed E-state index contributed by atoms with van der Waals surface area (Å²) in [5, 5.41) is 1.18. The second-order valence-electron chi connectivity index (χ2n) is 6.47. The van der Waals surface area contributed by atoms with Crippen molar-refractivity contribution >= 4 is 35.4 Å². The Morgan fingerprint density at radius 1 is 0.897 bits per heavy atom. The number of nitrogens with one attached hydrogen (secondary N) is 1. The van der Waals surface area contributed by atoms with Gasteiger partial charge in [-0.3, -0.25) is 0 Å². The molecule has 3 aromatic carbocycles. The van der Waals surface area contributed by atoms with Gasteiger partial charge in [-0.05, 0) is 47.5 Å². The number of H-pyrrole nitrogens is 1. The molecule has 0 bridgehead atoms. The van der Waals surface area contributed by atoms with Gasteiger partial charge in [-0.25, -0.2) is 4.98 Å². The summed E-state index contributed by atoms with van der Waals surface area (Å²) in [6, 6.07) is 23.4. The predicted octanol–water partition coefficient (Wildman–Crippen LogP) is 7.13. The standard InChI is InChI=1S/C24H18Cl2N2O/c25-19-9-12-21(22(26)14-19)23-15-27-24(28-23)13-8-17-6-10-20(11-7-17)29-16-18-4-2-1-3-5-18/h1-15H,16H2,(H,27,28). The highest BCUT2D eigenvalue weighted by Crippen LogP contribution is 2.29. The van der Waals surface area contributed by atoms with Crippen LogP contribution in [0.3, 0.4) is 0 Å². The second kappa shape index (κ2) is 8.99. The average Bonchev–Trinajstić information content (AvgIpc) is 3.21. The Morgan fingerprint density at radius 2 is 1.69 bits per heavy atom. The molecule has 0 aliphatic heterocycles. The Labute approximate surface area is 179 Å². The van der Waals surface area contributed by atoms with Crippen molar-refractivity contribution < 1.29 is 4.74 Å². The smallest absolute Gasteiger partial charge is 0.130 e. The van der Waals surface area contributed by atoms with Crippen molar-refractivity contribution in [2.24, 2.45) is 0 Å². The quantitative estimate of drug-likeness (QED) is 0.360. The van der Waals surface area contributed by atoms with Crippen LogP contribution in [0.5, 0.6) is 5.75 Å². The molecule has 144 valence electrons. The first-order valence-corrected chi connectivity index (χ1v) is 9.89. The summed E-state index contributed by atoms with van der Waals surface area (Å²) >= 11 is 12.2. The lowest BCUT2D eigenvalue weighted by Crippen LogP contribution is -1.94. The molecule has 0 amide bonds. The fourth-order valence-electron chi connectivity index (χ4n) is 2.85. The molecule has 5 heteroatoms. The van der Waals surface area contributed by atoms with Crippen LogP contribution in [0, 0.1) is 0 Å². The summed E-state index contributed by atoms with van der Waals surface area (Å²) < 4.78 is 5.82. The van der Waals surface area contributed by atoms with Crippen molar-refractivity contribution in [3.8, 4) is 17.0 Å². The zero-order valence-corrected chi connectivity index (χ0v) is 17.0. The van der Waals surface area contributed by atoms with Gasteiger partial charge in [0.05, 0.1) is 10.7 Å². The molecule has 0 unspecified atom stereocenters. The van der Waals surface area contributed by atoms with Gasteiger partial charge in [0.25, 0.3) is 0 Å². The third kappa shape index (κ3) is 5.08. The lowest BCUT2D eigenvalue weighted by Gasteiger charge is -2.06. The molecule has 0 aliphatic rings. The monoisotopic (exact) mass is 420 g/mol. The number of hydrogen-bond acceptors (Lipinski definition) is 2. The largest absolute Gasteiger partial charge is 0.489 e. The maximum atomic E-state index is 6.26. The van der Waals surface area contributed by atoms with Gasteiger partial charge >= 0.3 is 0 Å². The first-order chi connectivity index (χ1) is 14.2. The van der Waals surface area contributed by atoms with E-state index in [1.165, 1.54) is 0 Å². The second-order valence-corrected chi connectivity index (χ2v) is 7.32. The number of nitrogens with zero attached hydrogens (tertiary/aromatic N) is 1. The van der Waals surface area contributed by atoms with Crippen molar-refractivity contribution in [3.63, 3.8) is 0 Å². The Kier molecular flexibility index (Phi) is 5.99. The van der Waals surface area contributed by atoms with Crippen molar-refractivity contribution in [1.29, 1.82) is 0 Å². The summed E-state index contributed by atoms with van der Waals surface area (Å²) in [6.07, 6.45) is 5.75. The molecule has 0 saturated heterocycles. The molecule has 1 N–H and O–H groups in total. The zero-order chi connectivity index (χ0) is 20.1. The van der Waals surface area contributed by atoms with E-state index in [9.17, 15) is 0 Å². The molecular weight excluding hydrogens is 403 g/mol. The van der Waals surface area contributed by atoms with E-state index in [0.717, 1.165) is 34.0 Å². The molecule has 3 nitrogen and oxygen atoms in total. The van der Waals surface area contributed by atoms with Gasteiger partial charge in [-0.2, -0.15) is 0 Å². The van der Waals surface area contributed by atoms with Crippen LogP contribution in [0.1, 0.15) is 17.0 Å². The molecule has 0 radical (unpaired) electrons. The highest BCUT2D eigenvalue weighted by atomic mass is 35.5. The van der Waals surface area contributed by atoms with Crippen LogP contribution in [-0.2, 0) is 6.61 Å². The molecule has 29 heavy (non-hydrogen) atoms. The predicted molar refractivity (Wildman–Crippen MR) is 120 cm³/mol. The highest BCUT2D eigenvalue weighted by molar-refractivity contribution is 6.36. The highest BCUT2D eigenvalue weighted by Gasteiger charge is 2.07. The summed E-state index contributed by atoms with van der Waals surface area (Å²) in [4.78, 5) is 7.72. The van der Waals surface area contributed by atoms with Crippen LogP contribution in [-0.4, -0.2) is 9.97 Å². The maximum Gasteiger partial charge on any atom is 0.130 e. The van der Waals surface area contributed by atoms with E-state index >= 15 is 0 Å². The fraction of sp³-hybridized carbons (Fsp3) is 0.0417. The Bertz CT molecular complexity index is 1120. The van der Waals surface area contributed by atoms with Crippen LogP contribution >= 0.6 is 23.2 Å².